The number of amidine groups is 1. The van der Waals surface area contributed by atoms with Gasteiger partial charge < -0.3 is 19.7 Å². The molecule has 7 rings (SSSR count). The van der Waals surface area contributed by atoms with Crippen LogP contribution in [0.5, 0.6) is 5.75 Å². The number of aromatic nitrogens is 3. The number of ether oxygens (including phenoxy) is 1. The van der Waals surface area contributed by atoms with Crippen LogP contribution in [0.3, 0.4) is 0 Å². The van der Waals surface area contributed by atoms with Crippen molar-refractivity contribution in [2.45, 2.75) is 53.1 Å². The van der Waals surface area contributed by atoms with Gasteiger partial charge in [-0.1, -0.05) is 51.8 Å². The van der Waals surface area contributed by atoms with Gasteiger partial charge in [-0.2, -0.15) is 4.37 Å². The van der Waals surface area contributed by atoms with Crippen LogP contribution >= 0.6 is 11.5 Å². The maximum absolute atomic E-state index is 14.5. The van der Waals surface area contributed by atoms with Gasteiger partial charge in [0.15, 0.2) is 18.3 Å². The lowest BCUT2D eigenvalue weighted by molar-refractivity contribution is -0.124. The number of carbonyl (C=O) groups is 3. The second-order valence-corrected chi connectivity index (χ2v) is 14.0. The van der Waals surface area contributed by atoms with E-state index in [4.69, 9.17) is 11.2 Å². The van der Waals surface area contributed by atoms with Gasteiger partial charge in [-0.25, -0.2) is 24.2 Å². The first kappa shape index (κ1) is 33.5. The quantitative estimate of drug-likeness (QED) is 0.295. The number of carbonyl (C=O) groups excluding carboxylic acids is 2. The summed E-state index contributed by atoms with van der Waals surface area (Å²) >= 11 is 1.24. The number of pyridine rings is 1. The molecule has 12 nitrogen and oxygen atoms in total. The molecule has 252 valence electrons. The monoisotopic (exact) mass is 683 g/mol. The number of carboxylic acid groups (broad SMARTS) is 1. The molecular weight excluding hydrogens is 649 g/mol. The van der Waals surface area contributed by atoms with Gasteiger partial charge in [0.2, 0.25) is 4.80 Å². The van der Waals surface area contributed by atoms with Crippen molar-refractivity contribution in [2.24, 2.45) is 21.3 Å². The van der Waals surface area contributed by atoms with Gasteiger partial charge in [-0.05, 0) is 36.5 Å². The molecule has 0 radical (unpaired) electrons. The first-order chi connectivity index (χ1) is 23.2. The van der Waals surface area contributed by atoms with E-state index in [-0.39, 0.29) is 59.1 Å². The first-order valence-electron chi connectivity index (χ1n) is 15.6. The van der Waals surface area contributed by atoms with Crippen LogP contribution in [0.15, 0.2) is 52.4 Å². The molecule has 3 aliphatic heterocycles. The molecule has 3 aliphatic rings. The number of hydrogen-bond acceptors (Lipinski definition) is 9. The zero-order chi connectivity index (χ0) is 35.2. The number of nitrogens with one attached hydrogen (secondary N) is 1. The third-order valence-electron chi connectivity index (χ3n) is 8.77. The topological polar surface area (TPSA) is 151 Å². The van der Waals surface area contributed by atoms with Crippen LogP contribution in [0.2, 0.25) is 0 Å². The Balaban J connectivity index is 0.000000171. The molecule has 49 heavy (non-hydrogen) atoms. The maximum Gasteiger partial charge on any atom is 0.338 e. The van der Waals surface area contributed by atoms with E-state index in [9.17, 15) is 23.9 Å². The average molecular weight is 684 g/mol. The van der Waals surface area contributed by atoms with Crippen molar-refractivity contribution < 1.29 is 28.6 Å². The van der Waals surface area contributed by atoms with Crippen molar-refractivity contribution in [1.82, 2.24) is 19.2 Å². The molecule has 2 aromatic carbocycles. The third kappa shape index (κ3) is 6.29. The molecule has 0 aliphatic carbocycles. The number of para-hydroxylation sites is 1. The maximum atomic E-state index is 14.5. The summed E-state index contributed by atoms with van der Waals surface area (Å²) in [5, 5.41) is 12.9. The van der Waals surface area contributed by atoms with Gasteiger partial charge in [0, 0.05) is 36.0 Å². The summed E-state index contributed by atoms with van der Waals surface area (Å²) < 4.78 is 26.3. The Morgan fingerprint density at radius 1 is 1.22 bits per heavy atom. The van der Waals surface area contributed by atoms with E-state index < -0.39 is 17.3 Å². The van der Waals surface area contributed by atoms with Crippen molar-refractivity contribution in [3.05, 3.63) is 70.2 Å². The Morgan fingerprint density at radius 3 is 2.67 bits per heavy atom. The highest BCUT2D eigenvalue weighted by atomic mass is 32.1. The summed E-state index contributed by atoms with van der Waals surface area (Å²) in [6.07, 6.45) is 6.22. The molecular formula is C35H34FN7O5S. The summed E-state index contributed by atoms with van der Waals surface area (Å²) in [5.74, 6) is 1.77. The van der Waals surface area contributed by atoms with Crippen LogP contribution in [0.4, 0.5) is 15.8 Å². The SMILES string of the molecule is C#CCN1C(=O)COc2cc(F)c(N=c3snc4n3CC(C)(C)C4)cc21.CC(C)C1(C)N=C(c2nc3ccccc3cc2C(=O)O)NC1=O. The number of anilines is 1. The first-order valence-corrected chi connectivity index (χ1v) is 16.3. The second kappa shape index (κ2) is 12.6. The Bertz CT molecular complexity index is 2180. The number of rotatable bonds is 5. The molecule has 0 saturated heterocycles. The van der Waals surface area contributed by atoms with Crippen molar-refractivity contribution in [3.8, 4) is 18.1 Å². The smallest absolute Gasteiger partial charge is 0.338 e. The number of nitrogens with zero attached hydrogens (tertiary/aromatic N) is 6. The molecule has 2 aromatic heterocycles. The van der Waals surface area contributed by atoms with E-state index in [2.05, 4.69) is 44.4 Å². The number of halogens is 1. The minimum atomic E-state index is -1.10. The van der Waals surface area contributed by atoms with Gasteiger partial charge in [0.25, 0.3) is 11.8 Å². The van der Waals surface area contributed by atoms with E-state index in [1.807, 2.05) is 30.5 Å². The van der Waals surface area contributed by atoms with Gasteiger partial charge in [0.05, 0.1) is 23.3 Å². The molecule has 2 N–H and O–H groups in total. The number of amides is 2. The summed E-state index contributed by atoms with van der Waals surface area (Å²) in [4.78, 5) is 51.3. The van der Waals surface area contributed by atoms with E-state index in [0.29, 0.717) is 21.8 Å². The summed E-state index contributed by atoms with van der Waals surface area (Å²) in [7, 11) is 0. The van der Waals surface area contributed by atoms with Gasteiger partial charge in [0.1, 0.15) is 28.5 Å². The van der Waals surface area contributed by atoms with Gasteiger partial charge in [-0.3, -0.25) is 14.5 Å². The molecule has 4 aromatic rings. The van der Waals surface area contributed by atoms with Crippen molar-refractivity contribution in [3.63, 3.8) is 0 Å². The van der Waals surface area contributed by atoms with Crippen molar-refractivity contribution in [1.29, 1.82) is 0 Å². The second-order valence-electron chi connectivity index (χ2n) is 13.3. The van der Waals surface area contributed by atoms with Crippen molar-refractivity contribution >= 4 is 57.4 Å². The number of hydrogen-bond donors (Lipinski definition) is 2. The lowest BCUT2D eigenvalue weighted by Crippen LogP contribution is -2.41. The number of aromatic carboxylic acids is 1. The van der Waals surface area contributed by atoms with Gasteiger partial charge in [-0.15, -0.1) is 6.42 Å². The number of benzene rings is 2. The van der Waals surface area contributed by atoms with E-state index in [0.717, 1.165) is 24.2 Å². The highest BCUT2D eigenvalue weighted by Gasteiger charge is 2.43. The fourth-order valence-electron chi connectivity index (χ4n) is 5.75. The average Bonchev–Trinajstić information content (AvgIpc) is 3.68. The minimum Gasteiger partial charge on any atom is -0.481 e. The van der Waals surface area contributed by atoms with Crippen molar-refractivity contribution in [2.75, 3.05) is 18.1 Å². The van der Waals surface area contributed by atoms with Gasteiger partial charge >= 0.3 is 5.97 Å². The van der Waals surface area contributed by atoms with Crippen LogP contribution < -0.4 is 19.8 Å². The lowest BCUT2D eigenvalue weighted by Gasteiger charge is -2.28. The molecule has 0 bridgehead atoms. The van der Waals surface area contributed by atoms with Crippen LogP contribution in [0.25, 0.3) is 10.9 Å². The summed E-state index contributed by atoms with van der Waals surface area (Å²) in [6, 6.07) is 11.5. The number of carboxylic acids is 1. The molecule has 0 spiro atoms. The lowest BCUT2D eigenvalue weighted by atomic mass is 9.89. The summed E-state index contributed by atoms with van der Waals surface area (Å²) in [6.45, 7) is 10.6. The van der Waals surface area contributed by atoms with E-state index in [1.54, 1.807) is 25.1 Å². The Labute approximate surface area is 285 Å². The van der Waals surface area contributed by atoms with Crippen LogP contribution in [0, 0.1) is 29.5 Å². The largest absolute Gasteiger partial charge is 0.481 e. The molecule has 0 fully saturated rings. The van der Waals surface area contributed by atoms with Crippen LogP contribution in [0.1, 0.15) is 56.5 Å². The molecule has 0 saturated carbocycles. The number of aliphatic imine (C=N–C) groups is 1. The zero-order valence-corrected chi connectivity index (χ0v) is 28.4. The highest BCUT2D eigenvalue weighted by Crippen LogP contribution is 2.37. The molecule has 2 amide bonds. The highest BCUT2D eigenvalue weighted by molar-refractivity contribution is 7.02. The molecule has 14 heteroatoms. The zero-order valence-electron chi connectivity index (χ0n) is 27.6. The fraction of sp³-hybridized carbons (Fsp3) is 0.343. The predicted molar refractivity (Wildman–Crippen MR) is 183 cm³/mol. The van der Waals surface area contributed by atoms with Crippen LogP contribution in [-0.4, -0.2) is 61.3 Å². The Morgan fingerprint density at radius 2 is 1.98 bits per heavy atom. The predicted octanol–water partition coefficient (Wildman–Crippen LogP) is 4.48. The Hall–Kier alpha value is -5.42. The number of fused-ring (bicyclic) bond motifs is 3. The molecule has 5 heterocycles. The van der Waals surface area contributed by atoms with Crippen LogP contribution in [-0.2, 0) is 22.6 Å². The standard InChI is InChI=1S/C18H17FN4O2S.C17H17N3O3/c1-4-5-22-13-7-12(11(19)6-14(13)25-9-16(22)24)20-17-23-10-18(2,3)8-15(23)21-26-17;1-9(2)17(3)16(23)19-14(20-17)13-11(15(21)22)8-10-6-4-5-7-12(10)18-13/h1,6-7H,5,8-10H2,2-3H3;4-9H,1-3H3,(H,21,22)(H,19,20,23). The molecule has 1 unspecified atom stereocenters. The molecule has 1 atom stereocenters. The fourth-order valence-corrected chi connectivity index (χ4v) is 6.51. The summed E-state index contributed by atoms with van der Waals surface area (Å²) in [5.41, 5.74) is 0.628. The van der Waals surface area contributed by atoms with E-state index >= 15 is 0 Å². The Kier molecular flexibility index (Phi) is 8.58. The van der Waals surface area contributed by atoms with E-state index in [1.165, 1.54) is 28.6 Å². The number of terminal acetylenes is 1. The third-order valence-corrected chi connectivity index (χ3v) is 9.55. The normalized spacial score (nSPS) is 19.4. The minimum absolute atomic E-state index is 0.0197.